The van der Waals surface area contributed by atoms with Gasteiger partial charge >= 0.3 is 0 Å². The summed E-state index contributed by atoms with van der Waals surface area (Å²) >= 11 is 6.09. The Morgan fingerprint density at radius 1 is 1.12 bits per heavy atom. The fourth-order valence-electron chi connectivity index (χ4n) is 2.21. The van der Waals surface area contributed by atoms with E-state index in [1.165, 1.54) is 0 Å². The molecule has 0 fully saturated rings. The number of methoxy groups -OCH3 is 2. The van der Waals surface area contributed by atoms with Gasteiger partial charge in [-0.1, -0.05) is 30.7 Å². The summed E-state index contributed by atoms with van der Waals surface area (Å²) in [5, 5.41) is 3.51. The Kier molecular flexibility index (Phi) is 7.41. The van der Waals surface area contributed by atoms with Gasteiger partial charge in [0.2, 0.25) is 0 Å². The number of benzene rings is 2. The zero-order valence-corrected chi connectivity index (χ0v) is 15.9. The third-order valence-corrected chi connectivity index (χ3v) is 3.89. The molecule has 2 aromatic rings. The number of nitrogens with zero attached hydrogens (tertiary/aromatic N) is 1. The van der Waals surface area contributed by atoms with E-state index in [1.54, 1.807) is 26.4 Å². The van der Waals surface area contributed by atoms with E-state index in [-0.39, 0.29) is 5.92 Å². The van der Waals surface area contributed by atoms with Crippen LogP contribution in [0, 0.1) is 5.92 Å². The van der Waals surface area contributed by atoms with E-state index in [4.69, 9.17) is 31.5 Å². The summed E-state index contributed by atoms with van der Waals surface area (Å²) in [5.41, 5.74) is 6.68. The number of anilines is 1. The van der Waals surface area contributed by atoms with E-state index < -0.39 is 0 Å². The van der Waals surface area contributed by atoms with Crippen LogP contribution in [-0.4, -0.2) is 33.3 Å². The lowest BCUT2D eigenvalue weighted by Gasteiger charge is -2.14. The van der Waals surface area contributed by atoms with Gasteiger partial charge in [0, 0.05) is 18.2 Å². The Balaban J connectivity index is 1.85. The first-order valence-corrected chi connectivity index (χ1v) is 8.57. The molecule has 26 heavy (non-hydrogen) atoms. The number of halogens is 1. The largest absolute Gasteiger partial charge is 0.495 e. The highest BCUT2D eigenvalue weighted by atomic mass is 35.5. The van der Waals surface area contributed by atoms with E-state index in [1.807, 2.05) is 37.3 Å². The molecule has 0 bridgehead atoms. The molecule has 0 aliphatic carbocycles. The van der Waals surface area contributed by atoms with Crippen LogP contribution in [0.15, 0.2) is 47.5 Å². The number of aliphatic imine (C=N–C) groups is 1. The Bertz CT molecular complexity index is 753. The second-order valence-electron chi connectivity index (χ2n) is 5.77. The molecular formula is C19H24ClN3O3. The summed E-state index contributed by atoms with van der Waals surface area (Å²) < 4.78 is 16.2. The first kappa shape index (κ1) is 19.7. The van der Waals surface area contributed by atoms with E-state index in [0.717, 1.165) is 5.69 Å². The van der Waals surface area contributed by atoms with Crippen molar-refractivity contribution in [1.29, 1.82) is 0 Å². The maximum Gasteiger partial charge on any atom is 0.193 e. The van der Waals surface area contributed by atoms with Crippen molar-refractivity contribution in [3.8, 4) is 17.2 Å². The van der Waals surface area contributed by atoms with Crippen molar-refractivity contribution < 1.29 is 14.2 Å². The second-order valence-corrected chi connectivity index (χ2v) is 6.17. The SMILES string of the molecule is COc1ccc(NC(N)=NCC(C)COc2ccccc2OC)cc1Cl. The number of guanidine groups is 1. The molecule has 0 aliphatic rings. The quantitative estimate of drug-likeness (QED) is 0.540. The number of nitrogens with one attached hydrogen (secondary N) is 1. The van der Waals surface area contributed by atoms with Crippen molar-refractivity contribution in [2.45, 2.75) is 6.92 Å². The molecule has 2 aromatic carbocycles. The Labute approximate surface area is 158 Å². The number of rotatable bonds is 8. The van der Waals surface area contributed by atoms with Crippen molar-refractivity contribution >= 4 is 23.2 Å². The van der Waals surface area contributed by atoms with Crippen LogP contribution in [0.4, 0.5) is 5.69 Å². The monoisotopic (exact) mass is 377 g/mol. The average Bonchev–Trinajstić information content (AvgIpc) is 2.65. The molecule has 0 saturated carbocycles. The van der Waals surface area contributed by atoms with Crippen LogP contribution in [0.5, 0.6) is 17.2 Å². The topological polar surface area (TPSA) is 78.1 Å². The highest BCUT2D eigenvalue weighted by Gasteiger charge is 2.07. The van der Waals surface area contributed by atoms with Crippen LogP contribution < -0.4 is 25.3 Å². The van der Waals surface area contributed by atoms with Crippen molar-refractivity contribution in [1.82, 2.24) is 0 Å². The number of para-hydroxylation sites is 2. The fourth-order valence-corrected chi connectivity index (χ4v) is 2.47. The summed E-state index contributed by atoms with van der Waals surface area (Å²) in [6.07, 6.45) is 0. The van der Waals surface area contributed by atoms with Crippen LogP contribution in [0.1, 0.15) is 6.92 Å². The number of ether oxygens (including phenoxy) is 3. The van der Waals surface area contributed by atoms with E-state index in [9.17, 15) is 0 Å². The number of nitrogens with two attached hydrogens (primary N) is 1. The van der Waals surface area contributed by atoms with E-state index >= 15 is 0 Å². The number of hydrogen-bond acceptors (Lipinski definition) is 4. The highest BCUT2D eigenvalue weighted by molar-refractivity contribution is 6.32. The molecule has 6 nitrogen and oxygen atoms in total. The molecule has 1 atom stereocenters. The van der Waals surface area contributed by atoms with Gasteiger partial charge in [-0.3, -0.25) is 4.99 Å². The minimum absolute atomic E-state index is 0.180. The molecule has 2 rings (SSSR count). The molecule has 0 aromatic heterocycles. The highest BCUT2D eigenvalue weighted by Crippen LogP contribution is 2.27. The molecule has 0 saturated heterocycles. The van der Waals surface area contributed by atoms with E-state index in [0.29, 0.717) is 41.4 Å². The van der Waals surface area contributed by atoms with Crippen molar-refractivity contribution in [2.75, 3.05) is 32.7 Å². The zero-order valence-electron chi connectivity index (χ0n) is 15.2. The normalized spacial score (nSPS) is 12.4. The van der Waals surface area contributed by atoms with Crippen LogP contribution >= 0.6 is 11.6 Å². The minimum Gasteiger partial charge on any atom is -0.495 e. The zero-order chi connectivity index (χ0) is 18.9. The summed E-state index contributed by atoms with van der Waals surface area (Å²) in [5.74, 6) is 2.52. The number of hydrogen-bond donors (Lipinski definition) is 2. The summed E-state index contributed by atoms with van der Waals surface area (Å²) in [6.45, 7) is 3.07. The molecule has 3 N–H and O–H groups in total. The predicted octanol–water partition coefficient (Wildman–Crippen LogP) is 3.80. The van der Waals surface area contributed by atoms with Crippen molar-refractivity contribution in [3.63, 3.8) is 0 Å². The van der Waals surface area contributed by atoms with Crippen LogP contribution in [0.25, 0.3) is 0 Å². The van der Waals surface area contributed by atoms with Gasteiger partial charge in [-0.05, 0) is 30.3 Å². The maximum absolute atomic E-state index is 6.09. The maximum atomic E-state index is 6.09. The van der Waals surface area contributed by atoms with Gasteiger partial charge in [0.25, 0.3) is 0 Å². The Hall–Kier alpha value is -2.60. The predicted molar refractivity (Wildman–Crippen MR) is 106 cm³/mol. The summed E-state index contributed by atoms with van der Waals surface area (Å²) in [4.78, 5) is 4.34. The fraction of sp³-hybridized carbons (Fsp3) is 0.316. The van der Waals surface area contributed by atoms with Crippen LogP contribution in [0.2, 0.25) is 5.02 Å². The molecule has 1 unspecified atom stereocenters. The van der Waals surface area contributed by atoms with Gasteiger partial charge in [-0.25, -0.2) is 0 Å². The Morgan fingerprint density at radius 3 is 2.46 bits per heavy atom. The lowest BCUT2D eigenvalue weighted by atomic mass is 10.2. The molecular weight excluding hydrogens is 354 g/mol. The molecule has 0 aliphatic heterocycles. The van der Waals surface area contributed by atoms with Crippen LogP contribution in [-0.2, 0) is 0 Å². The van der Waals surface area contributed by atoms with Gasteiger partial charge in [-0.15, -0.1) is 0 Å². The molecule has 0 radical (unpaired) electrons. The average molecular weight is 378 g/mol. The van der Waals surface area contributed by atoms with Gasteiger partial charge in [0.1, 0.15) is 5.75 Å². The van der Waals surface area contributed by atoms with Crippen LogP contribution in [0.3, 0.4) is 0 Å². The van der Waals surface area contributed by atoms with Gasteiger partial charge < -0.3 is 25.3 Å². The van der Waals surface area contributed by atoms with Gasteiger partial charge in [0.15, 0.2) is 17.5 Å². The van der Waals surface area contributed by atoms with Gasteiger partial charge in [-0.2, -0.15) is 0 Å². The summed E-state index contributed by atoms with van der Waals surface area (Å²) in [6, 6.07) is 12.9. The summed E-state index contributed by atoms with van der Waals surface area (Å²) in [7, 11) is 3.19. The molecule has 0 heterocycles. The Morgan fingerprint density at radius 2 is 1.81 bits per heavy atom. The standard InChI is InChI=1S/C19H24ClN3O3/c1-13(12-26-18-7-5-4-6-17(18)25-3)11-22-19(21)23-14-8-9-16(24-2)15(20)10-14/h4-10,13H,11-12H2,1-3H3,(H3,21,22,23). The molecule has 0 amide bonds. The lowest BCUT2D eigenvalue weighted by Crippen LogP contribution is -2.24. The minimum atomic E-state index is 0.180. The first-order chi connectivity index (χ1) is 12.5. The van der Waals surface area contributed by atoms with Crippen molar-refractivity contribution in [2.24, 2.45) is 16.6 Å². The lowest BCUT2D eigenvalue weighted by molar-refractivity contribution is 0.251. The second kappa shape index (κ2) is 9.77. The van der Waals surface area contributed by atoms with E-state index in [2.05, 4.69) is 10.3 Å². The molecule has 7 heteroatoms. The first-order valence-electron chi connectivity index (χ1n) is 8.19. The molecule has 0 spiro atoms. The third-order valence-electron chi connectivity index (χ3n) is 3.59. The smallest absolute Gasteiger partial charge is 0.193 e. The van der Waals surface area contributed by atoms with Gasteiger partial charge in [0.05, 0.1) is 25.8 Å². The molecule has 140 valence electrons. The van der Waals surface area contributed by atoms with Crippen molar-refractivity contribution in [3.05, 3.63) is 47.5 Å². The third kappa shape index (κ3) is 5.74.